The van der Waals surface area contributed by atoms with Crippen LogP contribution in [0.15, 0.2) is 42.7 Å². The lowest BCUT2D eigenvalue weighted by Gasteiger charge is -2.18. The Labute approximate surface area is 129 Å². The lowest BCUT2D eigenvalue weighted by molar-refractivity contribution is 0.546. The van der Waals surface area contributed by atoms with Crippen LogP contribution in [-0.2, 0) is 5.41 Å². The molecule has 0 aliphatic heterocycles. The molecule has 0 N–H and O–H groups in total. The average molecular weight is 298 g/mol. The molecule has 3 rings (SSSR count). The van der Waals surface area contributed by atoms with Crippen LogP contribution in [0.4, 0.5) is 0 Å². The van der Waals surface area contributed by atoms with Crippen LogP contribution in [0.2, 0.25) is 5.15 Å². The van der Waals surface area contributed by atoms with Crippen LogP contribution in [0.25, 0.3) is 22.0 Å². The molecule has 21 heavy (non-hydrogen) atoms. The summed E-state index contributed by atoms with van der Waals surface area (Å²) in [5.41, 5.74) is 1.74. The Hall–Kier alpha value is -2.00. The summed E-state index contributed by atoms with van der Waals surface area (Å²) in [6, 6.07) is 9.91. The van der Waals surface area contributed by atoms with E-state index in [1.807, 2.05) is 36.5 Å². The van der Waals surface area contributed by atoms with Crippen LogP contribution in [0.1, 0.15) is 26.6 Å². The molecule has 3 aromatic rings. The van der Waals surface area contributed by atoms with Gasteiger partial charge in [0, 0.05) is 34.8 Å². The molecule has 0 spiro atoms. The summed E-state index contributed by atoms with van der Waals surface area (Å²) in [5, 5.41) is 2.67. The van der Waals surface area contributed by atoms with Crippen LogP contribution in [0.5, 0.6) is 0 Å². The van der Waals surface area contributed by atoms with Gasteiger partial charge in [0.25, 0.3) is 0 Å². The van der Waals surface area contributed by atoms with Gasteiger partial charge in [-0.1, -0.05) is 50.6 Å². The van der Waals surface area contributed by atoms with Crippen molar-refractivity contribution in [1.82, 2.24) is 15.0 Å². The van der Waals surface area contributed by atoms with Gasteiger partial charge in [-0.15, -0.1) is 0 Å². The van der Waals surface area contributed by atoms with Crippen LogP contribution in [0.3, 0.4) is 0 Å². The van der Waals surface area contributed by atoms with E-state index < -0.39 is 0 Å². The van der Waals surface area contributed by atoms with Gasteiger partial charge in [0.15, 0.2) is 0 Å². The number of nitrogens with zero attached hydrogens (tertiary/aromatic N) is 3. The van der Waals surface area contributed by atoms with E-state index in [1.54, 1.807) is 6.20 Å². The van der Waals surface area contributed by atoms with E-state index in [9.17, 15) is 0 Å². The minimum Gasteiger partial charge on any atom is -0.264 e. The zero-order valence-electron chi connectivity index (χ0n) is 12.3. The van der Waals surface area contributed by atoms with Crippen molar-refractivity contribution in [2.45, 2.75) is 26.2 Å². The molecule has 0 amide bonds. The summed E-state index contributed by atoms with van der Waals surface area (Å²) < 4.78 is 0. The molecule has 0 radical (unpaired) electrons. The molecule has 0 bridgehead atoms. The Balaban J connectivity index is 2.26. The van der Waals surface area contributed by atoms with Gasteiger partial charge in [0.2, 0.25) is 0 Å². The third-order valence-electron chi connectivity index (χ3n) is 3.32. The largest absolute Gasteiger partial charge is 0.264 e. The Morgan fingerprint density at radius 3 is 2.62 bits per heavy atom. The summed E-state index contributed by atoms with van der Waals surface area (Å²) in [7, 11) is 0. The van der Waals surface area contributed by atoms with Gasteiger partial charge >= 0.3 is 0 Å². The highest BCUT2D eigenvalue weighted by Crippen LogP contribution is 2.30. The first-order chi connectivity index (χ1) is 9.95. The Morgan fingerprint density at radius 1 is 1.05 bits per heavy atom. The van der Waals surface area contributed by atoms with Gasteiger partial charge < -0.3 is 0 Å². The van der Waals surface area contributed by atoms with E-state index in [0.29, 0.717) is 5.15 Å². The van der Waals surface area contributed by atoms with Gasteiger partial charge in [0.05, 0.1) is 5.69 Å². The fourth-order valence-electron chi connectivity index (χ4n) is 2.24. The van der Waals surface area contributed by atoms with Crippen molar-refractivity contribution in [3.05, 3.63) is 53.7 Å². The molecule has 0 saturated carbocycles. The van der Waals surface area contributed by atoms with E-state index in [0.717, 1.165) is 27.9 Å². The highest BCUT2D eigenvalue weighted by atomic mass is 35.5. The zero-order valence-corrected chi connectivity index (χ0v) is 13.0. The van der Waals surface area contributed by atoms with Crippen molar-refractivity contribution in [2.75, 3.05) is 0 Å². The molecule has 0 aliphatic rings. The number of hydrogen-bond acceptors (Lipinski definition) is 3. The third-order valence-corrected chi connectivity index (χ3v) is 3.52. The first-order valence-electron chi connectivity index (χ1n) is 6.83. The predicted molar refractivity (Wildman–Crippen MR) is 86.5 cm³/mol. The van der Waals surface area contributed by atoms with Gasteiger partial charge in [0.1, 0.15) is 11.0 Å². The monoisotopic (exact) mass is 297 g/mol. The zero-order chi connectivity index (χ0) is 15.0. The van der Waals surface area contributed by atoms with Crippen molar-refractivity contribution in [3.63, 3.8) is 0 Å². The molecule has 0 fully saturated rings. The topological polar surface area (TPSA) is 38.7 Å². The van der Waals surface area contributed by atoms with Crippen molar-refractivity contribution < 1.29 is 0 Å². The fraction of sp³-hybridized carbons (Fsp3) is 0.235. The lowest BCUT2D eigenvalue weighted by atomic mass is 9.95. The quantitative estimate of drug-likeness (QED) is 0.614. The minimum atomic E-state index is -0.147. The SMILES string of the molecule is CC(C)(C)c1nc(Cl)cc(-c2cccc3cnccc23)n1. The molecule has 106 valence electrons. The second kappa shape index (κ2) is 5.08. The number of pyridine rings is 1. The standard InChI is InChI=1S/C17H16ClN3/c1-17(2,3)16-20-14(9-15(18)21-16)13-6-4-5-11-10-19-8-7-12(11)13/h4-10H,1-3H3. The number of hydrogen-bond donors (Lipinski definition) is 0. The first-order valence-corrected chi connectivity index (χ1v) is 7.21. The second-order valence-corrected chi connectivity index (χ2v) is 6.44. The van der Waals surface area contributed by atoms with Crippen molar-refractivity contribution in [3.8, 4) is 11.3 Å². The molecule has 4 heteroatoms. The maximum absolute atomic E-state index is 6.19. The maximum Gasteiger partial charge on any atom is 0.136 e. The lowest BCUT2D eigenvalue weighted by Crippen LogP contribution is -2.16. The van der Waals surface area contributed by atoms with Gasteiger partial charge in [-0.2, -0.15) is 0 Å². The summed E-state index contributed by atoms with van der Waals surface area (Å²) >= 11 is 6.19. The molecule has 3 nitrogen and oxygen atoms in total. The number of fused-ring (bicyclic) bond motifs is 1. The number of halogens is 1. The van der Waals surface area contributed by atoms with Gasteiger partial charge in [-0.05, 0) is 11.5 Å². The molecule has 2 heterocycles. The molecule has 2 aromatic heterocycles. The van der Waals surface area contributed by atoms with Crippen LogP contribution in [0, 0.1) is 0 Å². The minimum absolute atomic E-state index is 0.147. The fourth-order valence-corrected chi connectivity index (χ4v) is 2.42. The second-order valence-electron chi connectivity index (χ2n) is 6.05. The smallest absolute Gasteiger partial charge is 0.136 e. The van der Waals surface area contributed by atoms with Crippen LogP contribution >= 0.6 is 11.6 Å². The molecule has 0 saturated heterocycles. The predicted octanol–water partition coefficient (Wildman–Crippen LogP) is 4.64. The highest BCUT2D eigenvalue weighted by molar-refractivity contribution is 6.29. The van der Waals surface area contributed by atoms with Crippen LogP contribution in [-0.4, -0.2) is 15.0 Å². The van der Waals surface area contributed by atoms with Crippen molar-refractivity contribution in [2.24, 2.45) is 0 Å². The van der Waals surface area contributed by atoms with E-state index in [2.05, 4.69) is 30.7 Å². The van der Waals surface area contributed by atoms with E-state index in [-0.39, 0.29) is 5.41 Å². The van der Waals surface area contributed by atoms with Crippen molar-refractivity contribution in [1.29, 1.82) is 0 Å². The molecular formula is C17H16ClN3. The number of aromatic nitrogens is 3. The third kappa shape index (κ3) is 2.74. The molecule has 0 atom stereocenters. The summed E-state index contributed by atoms with van der Waals surface area (Å²) in [4.78, 5) is 13.2. The first kappa shape index (κ1) is 14.0. The van der Waals surface area contributed by atoms with E-state index in [4.69, 9.17) is 16.6 Å². The van der Waals surface area contributed by atoms with Crippen LogP contribution < -0.4 is 0 Å². The van der Waals surface area contributed by atoms with Gasteiger partial charge in [-0.25, -0.2) is 9.97 Å². The van der Waals surface area contributed by atoms with E-state index >= 15 is 0 Å². The molecule has 1 aromatic carbocycles. The summed E-state index contributed by atoms with van der Waals surface area (Å²) in [5.74, 6) is 0.746. The summed E-state index contributed by atoms with van der Waals surface area (Å²) in [6.07, 6.45) is 3.64. The summed E-state index contributed by atoms with van der Waals surface area (Å²) in [6.45, 7) is 6.24. The highest BCUT2D eigenvalue weighted by Gasteiger charge is 2.19. The maximum atomic E-state index is 6.19. The molecule has 0 unspecified atom stereocenters. The average Bonchev–Trinajstić information content (AvgIpc) is 2.45. The number of benzene rings is 1. The Morgan fingerprint density at radius 2 is 1.86 bits per heavy atom. The van der Waals surface area contributed by atoms with E-state index in [1.165, 1.54) is 0 Å². The van der Waals surface area contributed by atoms with Gasteiger partial charge in [-0.3, -0.25) is 4.98 Å². The number of rotatable bonds is 1. The van der Waals surface area contributed by atoms with Crippen molar-refractivity contribution >= 4 is 22.4 Å². The normalized spacial score (nSPS) is 11.8. The molecular weight excluding hydrogens is 282 g/mol. The molecule has 0 aliphatic carbocycles. The Bertz CT molecular complexity index is 801. The Kier molecular flexibility index (Phi) is 3.38.